The van der Waals surface area contributed by atoms with Gasteiger partial charge in [0.1, 0.15) is 5.76 Å². The standard InChI is InChI=1S/C11H20N2O/c1-3-12-7-5-8-13(2)10-11-6-4-9-14-11/h4,6,9,12H,3,5,7-8,10H2,1-2H3. The number of rotatable bonds is 7. The zero-order valence-electron chi connectivity index (χ0n) is 9.12. The number of furan rings is 1. The van der Waals surface area contributed by atoms with E-state index in [1.807, 2.05) is 12.1 Å². The first-order valence-electron chi connectivity index (χ1n) is 5.24. The lowest BCUT2D eigenvalue weighted by atomic mass is 10.3. The summed E-state index contributed by atoms with van der Waals surface area (Å²) < 4.78 is 5.27. The SMILES string of the molecule is CCNCCCN(C)Cc1ccco1. The van der Waals surface area contributed by atoms with Gasteiger partial charge in [0, 0.05) is 0 Å². The van der Waals surface area contributed by atoms with Crippen molar-refractivity contribution < 1.29 is 4.42 Å². The lowest BCUT2D eigenvalue weighted by molar-refractivity contribution is 0.290. The Balaban J connectivity index is 2.07. The first kappa shape index (κ1) is 11.3. The third-order valence-corrected chi connectivity index (χ3v) is 2.15. The molecule has 0 aliphatic carbocycles. The first-order valence-corrected chi connectivity index (χ1v) is 5.24. The van der Waals surface area contributed by atoms with Gasteiger partial charge in [0.05, 0.1) is 12.8 Å². The molecule has 0 spiro atoms. The molecule has 80 valence electrons. The summed E-state index contributed by atoms with van der Waals surface area (Å²) in [7, 11) is 2.12. The van der Waals surface area contributed by atoms with Crippen molar-refractivity contribution in [3.05, 3.63) is 24.2 Å². The quantitative estimate of drug-likeness (QED) is 0.673. The molecule has 0 saturated carbocycles. The van der Waals surface area contributed by atoms with Crippen LogP contribution in [0.5, 0.6) is 0 Å². The van der Waals surface area contributed by atoms with Crippen molar-refractivity contribution >= 4 is 0 Å². The van der Waals surface area contributed by atoms with E-state index in [4.69, 9.17) is 4.42 Å². The van der Waals surface area contributed by atoms with Gasteiger partial charge in [-0.3, -0.25) is 4.90 Å². The predicted octanol–water partition coefficient (Wildman–Crippen LogP) is 1.71. The molecule has 1 rings (SSSR count). The van der Waals surface area contributed by atoms with Gasteiger partial charge < -0.3 is 9.73 Å². The van der Waals surface area contributed by atoms with Crippen LogP contribution in [0.25, 0.3) is 0 Å². The summed E-state index contributed by atoms with van der Waals surface area (Å²) in [5, 5.41) is 3.31. The van der Waals surface area contributed by atoms with Gasteiger partial charge in [-0.05, 0) is 45.2 Å². The van der Waals surface area contributed by atoms with E-state index in [2.05, 4.69) is 24.2 Å². The molecule has 3 heteroatoms. The van der Waals surface area contributed by atoms with Crippen LogP contribution in [0, 0.1) is 0 Å². The Morgan fingerprint density at radius 3 is 3.00 bits per heavy atom. The van der Waals surface area contributed by atoms with Crippen LogP contribution in [0.4, 0.5) is 0 Å². The van der Waals surface area contributed by atoms with E-state index in [-0.39, 0.29) is 0 Å². The molecule has 0 aliphatic heterocycles. The van der Waals surface area contributed by atoms with Crippen molar-refractivity contribution in [1.29, 1.82) is 0 Å². The second-order valence-electron chi connectivity index (χ2n) is 3.52. The predicted molar refractivity (Wildman–Crippen MR) is 58.2 cm³/mol. The van der Waals surface area contributed by atoms with Gasteiger partial charge in [-0.15, -0.1) is 0 Å². The molecule has 0 saturated heterocycles. The van der Waals surface area contributed by atoms with Crippen molar-refractivity contribution in [2.75, 3.05) is 26.7 Å². The Morgan fingerprint density at radius 1 is 1.50 bits per heavy atom. The van der Waals surface area contributed by atoms with E-state index in [0.29, 0.717) is 0 Å². The van der Waals surface area contributed by atoms with Crippen LogP contribution in [0.3, 0.4) is 0 Å². The third-order valence-electron chi connectivity index (χ3n) is 2.15. The van der Waals surface area contributed by atoms with Gasteiger partial charge in [0.25, 0.3) is 0 Å². The van der Waals surface area contributed by atoms with Crippen LogP contribution in [-0.4, -0.2) is 31.6 Å². The molecule has 0 aliphatic rings. The Hall–Kier alpha value is -0.800. The average Bonchev–Trinajstić information content (AvgIpc) is 2.65. The van der Waals surface area contributed by atoms with E-state index >= 15 is 0 Å². The number of hydrogen-bond acceptors (Lipinski definition) is 3. The van der Waals surface area contributed by atoms with Crippen LogP contribution in [0.2, 0.25) is 0 Å². The average molecular weight is 196 g/mol. The highest BCUT2D eigenvalue weighted by Crippen LogP contribution is 2.03. The molecule has 0 amide bonds. The third kappa shape index (κ3) is 4.44. The van der Waals surface area contributed by atoms with Crippen LogP contribution >= 0.6 is 0 Å². The molecule has 1 aromatic heterocycles. The Kier molecular flexibility index (Phi) is 5.33. The minimum Gasteiger partial charge on any atom is -0.468 e. The topological polar surface area (TPSA) is 28.4 Å². The van der Waals surface area contributed by atoms with Crippen LogP contribution < -0.4 is 5.32 Å². The van der Waals surface area contributed by atoms with Crippen molar-refractivity contribution in [3.63, 3.8) is 0 Å². The number of nitrogens with zero attached hydrogens (tertiary/aromatic N) is 1. The minimum absolute atomic E-state index is 0.902. The fourth-order valence-corrected chi connectivity index (χ4v) is 1.40. The van der Waals surface area contributed by atoms with Gasteiger partial charge in [0.15, 0.2) is 0 Å². The second kappa shape index (κ2) is 6.62. The van der Waals surface area contributed by atoms with E-state index in [1.54, 1.807) is 6.26 Å². The molecule has 1 aromatic rings. The molecule has 0 unspecified atom stereocenters. The Bertz CT molecular complexity index is 221. The molecule has 3 nitrogen and oxygen atoms in total. The molecule has 1 N–H and O–H groups in total. The summed E-state index contributed by atoms with van der Waals surface area (Å²) in [4.78, 5) is 2.27. The molecular formula is C11H20N2O. The van der Waals surface area contributed by atoms with Crippen LogP contribution in [-0.2, 0) is 6.54 Å². The maximum absolute atomic E-state index is 5.27. The van der Waals surface area contributed by atoms with Crippen LogP contribution in [0.1, 0.15) is 19.1 Å². The number of hydrogen-bond donors (Lipinski definition) is 1. The summed E-state index contributed by atoms with van der Waals surface area (Å²) in [5.74, 6) is 1.04. The fraction of sp³-hybridized carbons (Fsp3) is 0.636. The lowest BCUT2D eigenvalue weighted by Crippen LogP contribution is -2.23. The summed E-state index contributed by atoms with van der Waals surface area (Å²) in [6.45, 7) is 6.29. The van der Waals surface area contributed by atoms with Gasteiger partial charge >= 0.3 is 0 Å². The lowest BCUT2D eigenvalue weighted by Gasteiger charge is -2.14. The van der Waals surface area contributed by atoms with E-state index in [0.717, 1.165) is 31.9 Å². The molecule has 0 atom stereocenters. The molecule has 0 fully saturated rings. The van der Waals surface area contributed by atoms with Crippen molar-refractivity contribution in [2.45, 2.75) is 19.9 Å². The van der Waals surface area contributed by atoms with E-state index in [9.17, 15) is 0 Å². The number of nitrogens with one attached hydrogen (secondary N) is 1. The fourth-order valence-electron chi connectivity index (χ4n) is 1.40. The highest BCUT2D eigenvalue weighted by atomic mass is 16.3. The van der Waals surface area contributed by atoms with E-state index < -0.39 is 0 Å². The zero-order valence-corrected chi connectivity index (χ0v) is 9.12. The maximum atomic E-state index is 5.27. The Morgan fingerprint density at radius 2 is 2.36 bits per heavy atom. The highest BCUT2D eigenvalue weighted by Gasteiger charge is 2.01. The van der Waals surface area contributed by atoms with E-state index in [1.165, 1.54) is 6.42 Å². The van der Waals surface area contributed by atoms with Crippen molar-refractivity contribution in [1.82, 2.24) is 10.2 Å². The summed E-state index contributed by atoms with van der Waals surface area (Å²) >= 11 is 0. The molecule has 1 heterocycles. The van der Waals surface area contributed by atoms with Gasteiger partial charge in [0.2, 0.25) is 0 Å². The van der Waals surface area contributed by atoms with Gasteiger partial charge in [-0.2, -0.15) is 0 Å². The smallest absolute Gasteiger partial charge is 0.117 e. The van der Waals surface area contributed by atoms with Gasteiger partial charge in [-0.1, -0.05) is 6.92 Å². The maximum Gasteiger partial charge on any atom is 0.117 e. The van der Waals surface area contributed by atoms with Crippen LogP contribution in [0.15, 0.2) is 22.8 Å². The molecular weight excluding hydrogens is 176 g/mol. The molecule has 0 radical (unpaired) electrons. The largest absolute Gasteiger partial charge is 0.468 e. The summed E-state index contributed by atoms with van der Waals surface area (Å²) in [5.41, 5.74) is 0. The second-order valence-corrected chi connectivity index (χ2v) is 3.52. The van der Waals surface area contributed by atoms with Crippen molar-refractivity contribution in [2.24, 2.45) is 0 Å². The first-order chi connectivity index (χ1) is 6.83. The van der Waals surface area contributed by atoms with Crippen molar-refractivity contribution in [3.8, 4) is 0 Å². The normalized spacial score (nSPS) is 11.1. The summed E-state index contributed by atoms with van der Waals surface area (Å²) in [6, 6.07) is 3.95. The summed E-state index contributed by atoms with van der Waals surface area (Å²) in [6.07, 6.45) is 2.91. The van der Waals surface area contributed by atoms with Gasteiger partial charge in [-0.25, -0.2) is 0 Å². The monoisotopic (exact) mass is 196 g/mol. The molecule has 0 bridgehead atoms. The highest BCUT2D eigenvalue weighted by molar-refractivity contribution is 4.97. The zero-order chi connectivity index (χ0) is 10.2. The Labute approximate surface area is 86.1 Å². The molecule has 0 aromatic carbocycles. The molecule has 14 heavy (non-hydrogen) atoms. The minimum atomic E-state index is 0.902.